The molecule has 3 rings (SSSR count). The third-order valence-corrected chi connectivity index (χ3v) is 4.81. The molecule has 5 nitrogen and oxygen atoms in total. The van der Waals surface area contributed by atoms with E-state index in [1.165, 1.54) is 19.3 Å². The molecule has 1 aromatic rings. The Labute approximate surface area is 137 Å². The number of ether oxygens (including phenoxy) is 1. The Balaban J connectivity index is 1.60. The summed E-state index contributed by atoms with van der Waals surface area (Å²) in [5.74, 6) is 0.614. The van der Waals surface area contributed by atoms with Crippen LogP contribution in [0.15, 0.2) is 24.3 Å². The van der Waals surface area contributed by atoms with Gasteiger partial charge in [0.2, 0.25) is 0 Å². The molecule has 2 aliphatic rings. The monoisotopic (exact) mass is 318 g/mol. The molecule has 2 unspecified atom stereocenters. The summed E-state index contributed by atoms with van der Waals surface area (Å²) in [6, 6.07) is 7.43. The first-order valence-electron chi connectivity index (χ1n) is 8.66. The molecular formula is C18H26N2O3. The van der Waals surface area contributed by atoms with Crippen molar-refractivity contribution in [3.8, 4) is 5.75 Å². The molecule has 2 fully saturated rings. The molecule has 1 aliphatic heterocycles. The van der Waals surface area contributed by atoms with Crippen molar-refractivity contribution in [2.45, 2.75) is 44.3 Å². The molecule has 5 heteroatoms. The molecule has 1 aliphatic carbocycles. The smallest absolute Gasteiger partial charge is 0.255 e. The minimum Gasteiger partial charge on any atom is -0.490 e. The first-order valence-corrected chi connectivity index (χ1v) is 8.66. The largest absolute Gasteiger partial charge is 0.490 e. The zero-order valence-corrected chi connectivity index (χ0v) is 13.5. The highest BCUT2D eigenvalue weighted by Gasteiger charge is 2.26. The number of carbonyl (C=O) groups is 1. The van der Waals surface area contributed by atoms with Gasteiger partial charge in [-0.15, -0.1) is 0 Å². The number of aliphatic hydroxyl groups is 1. The number of nitrogens with one attached hydrogen (secondary N) is 2. The molecule has 1 saturated carbocycles. The lowest BCUT2D eigenvalue weighted by atomic mass is 9.97. The quantitative estimate of drug-likeness (QED) is 0.773. The van der Waals surface area contributed by atoms with Crippen molar-refractivity contribution >= 4 is 5.91 Å². The number of β-amino-alcohol motifs (C(OH)–C–C–N with tert-alkyl or cyclic N) is 1. The van der Waals surface area contributed by atoms with Crippen molar-refractivity contribution < 1.29 is 14.6 Å². The molecule has 0 radical (unpaired) electrons. The molecule has 0 spiro atoms. The van der Waals surface area contributed by atoms with E-state index in [9.17, 15) is 9.90 Å². The molecule has 23 heavy (non-hydrogen) atoms. The number of rotatable bonds is 5. The standard InChI is InChI=1S/C18H26N2O3/c21-16-12-19-10-13(16)11-20-18(22)15-8-4-5-9-17(15)23-14-6-2-1-3-7-14/h4-5,8-9,13-14,16,19,21H,1-3,6-7,10-12H2,(H,20,22). The molecule has 1 heterocycles. The highest BCUT2D eigenvalue weighted by atomic mass is 16.5. The van der Waals surface area contributed by atoms with Crippen LogP contribution >= 0.6 is 0 Å². The van der Waals surface area contributed by atoms with Crippen LogP contribution in [-0.2, 0) is 0 Å². The Morgan fingerprint density at radius 1 is 1.22 bits per heavy atom. The van der Waals surface area contributed by atoms with Crippen LogP contribution < -0.4 is 15.4 Å². The molecule has 1 amide bonds. The normalized spacial score (nSPS) is 25.3. The summed E-state index contributed by atoms with van der Waals surface area (Å²) in [5, 5.41) is 15.9. The maximum atomic E-state index is 12.5. The maximum absolute atomic E-state index is 12.5. The third-order valence-electron chi connectivity index (χ3n) is 4.81. The van der Waals surface area contributed by atoms with Crippen molar-refractivity contribution in [3.05, 3.63) is 29.8 Å². The first-order chi connectivity index (χ1) is 11.2. The summed E-state index contributed by atoms with van der Waals surface area (Å²) in [5.41, 5.74) is 0.582. The lowest BCUT2D eigenvalue weighted by Gasteiger charge is -2.24. The average Bonchev–Trinajstić information content (AvgIpc) is 2.99. The van der Waals surface area contributed by atoms with Crippen molar-refractivity contribution in [1.82, 2.24) is 10.6 Å². The minimum absolute atomic E-state index is 0.0744. The minimum atomic E-state index is -0.385. The second kappa shape index (κ2) is 7.79. The van der Waals surface area contributed by atoms with Crippen molar-refractivity contribution in [1.29, 1.82) is 0 Å². The van der Waals surface area contributed by atoms with E-state index in [1.807, 2.05) is 18.2 Å². The van der Waals surface area contributed by atoms with Crippen molar-refractivity contribution in [3.63, 3.8) is 0 Å². The average molecular weight is 318 g/mol. The Kier molecular flexibility index (Phi) is 5.51. The van der Waals surface area contributed by atoms with Gasteiger partial charge in [0, 0.05) is 25.6 Å². The highest BCUT2D eigenvalue weighted by molar-refractivity contribution is 5.96. The molecule has 3 N–H and O–H groups in total. The number of hydrogen-bond acceptors (Lipinski definition) is 4. The van der Waals surface area contributed by atoms with Crippen LogP contribution in [0.5, 0.6) is 5.75 Å². The molecule has 0 aromatic heterocycles. The van der Waals surface area contributed by atoms with E-state index < -0.39 is 0 Å². The zero-order chi connectivity index (χ0) is 16.1. The highest BCUT2D eigenvalue weighted by Crippen LogP contribution is 2.26. The molecule has 126 valence electrons. The number of carbonyl (C=O) groups excluding carboxylic acids is 1. The van der Waals surface area contributed by atoms with E-state index in [0.29, 0.717) is 24.4 Å². The van der Waals surface area contributed by atoms with E-state index in [2.05, 4.69) is 10.6 Å². The molecular weight excluding hydrogens is 292 g/mol. The van der Waals surface area contributed by atoms with Gasteiger partial charge in [0.25, 0.3) is 5.91 Å². The fourth-order valence-corrected chi connectivity index (χ4v) is 3.37. The van der Waals surface area contributed by atoms with E-state index in [4.69, 9.17) is 4.74 Å². The zero-order valence-electron chi connectivity index (χ0n) is 13.5. The maximum Gasteiger partial charge on any atom is 0.255 e. The predicted octanol–water partition coefficient (Wildman–Crippen LogP) is 1.71. The van der Waals surface area contributed by atoms with Crippen LogP contribution in [0.1, 0.15) is 42.5 Å². The van der Waals surface area contributed by atoms with Crippen LogP contribution in [0.3, 0.4) is 0 Å². The lowest BCUT2D eigenvalue weighted by molar-refractivity contribution is 0.0916. The molecule has 1 aromatic carbocycles. The summed E-state index contributed by atoms with van der Waals surface area (Å²) < 4.78 is 6.08. The van der Waals surface area contributed by atoms with E-state index in [1.54, 1.807) is 6.07 Å². The summed E-state index contributed by atoms with van der Waals surface area (Å²) in [6.45, 7) is 1.81. The van der Waals surface area contributed by atoms with Crippen LogP contribution in [0.4, 0.5) is 0 Å². The number of benzene rings is 1. The number of para-hydroxylation sites is 1. The topological polar surface area (TPSA) is 70.6 Å². The van der Waals surface area contributed by atoms with Gasteiger partial charge in [-0.25, -0.2) is 0 Å². The van der Waals surface area contributed by atoms with Gasteiger partial charge in [0.15, 0.2) is 0 Å². The molecule has 0 bridgehead atoms. The third kappa shape index (κ3) is 4.24. The van der Waals surface area contributed by atoms with Gasteiger partial charge in [-0.3, -0.25) is 4.79 Å². The number of hydrogen-bond donors (Lipinski definition) is 3. The van der Waals surface area contributed by atoms with E-state index in [0.717, 1.165) is 19.4 Å². The second-order valence-corrected chi connectivity index (χ2v) is 6.57. The Morgan fingerprint density at radius 2 is 2.00 bits per heavy atom. The Bertz CT molecular complexity index is 529. The molecule has 1 saturated heterocycles. The number of amides is 1. The summed E-state index contributed by atoms with van der Waals surface area (Å²) in [4.78, 5) is 12.5. The fourth-order valence-electron chi connectivity index (χ4n) is 3.37. The number of aliphatic hydroxyl groups excluding tert-OH is 1. The van der Waals surface area contributed by atoms with Crippen molar-refractivity contribution in [2.24, 2.45) is 5.92 Å². The van der Waals surface area contributed by atoms with Crippen molar-refractivity contribution in [2.75, 3.05) is 19.6 Å². The van der Waals surface area contributed by atoms with Crippen LogP contribution in [0, 0.1) is 5.92 Å². The van der Waals surface area contributed by atoms with E-state index in [-0.39, 0.29) is 24.0 Å². The van der Waals surface area contributed by atoms with Gasteiger partial charge >= 0.3 is 0 Å². The van der Waals surface area contributed by atoms with Gasteiger partial charge < -0.3 is 20.5 Å². The lowest BCUT2D eigenvalue weighted by Crippen LogP contribution is -2.34. The van der Waals surface area contributed by atoms with Crippen LogP contribution in [-0.4, -0.2) is 42.9 Å². The first kappa shape index (κ1) is 16.3. The predicted molar refractivity (Wildman–Crippen MR) is 88.6 cm³/mol. The van der Waals surface area contributed by atoms with Gasteiger partial charge in [0.1, 0.15) is 5.75 Å². The van der Waals surface area contributed by atoms with Gasteiger partial charge in [-0.2, -0.15) is 0 Å². The Morgan fingerprint density at radius 3 is 2.74 bits per heavy atom. The summed E-state index contributed by atoms with van der Waals surface area (Å²) in [6.07, 6.45) is 5.64. The Hall–Kier alpha value is -1.59. The molecule has 2 atom stereocenters. The summed E-state index contributed by atoms with van der Waals surface area (Å²) in [7, 11) is 0. The van der Waals surface area contributed by atoms with Crippen LogP contribution in [0.25, 0.3) is 0 Å². The van der Waals surface area contributed by atoms with Gasteiger partial charge in [-0.05, 0) is 37.8 Å². The summed E-state index contributed by atoms with van der Waals surface area (Å²) >= 11 is 0. The van der Waals surface area contributed by atoms with E-state index >= 15 is 0 Å². The van der Waals surface area contributed by atoms with Gasteiger partial charge in [-0.1, -0.05) is 18.6 Å². The van der Waals surface area contributed by atoms with Crippen LogP contribution in [0.2, 0.25) is 0 Å². The SMILES string of the molecule is O=C(NCC1CNCC1O)c1ccccc1OC1CCCCC1. The fraction of sp³-hybridized carbons (Fsp3) is 0.611. The van der Waals surface area contributed by atoms with Gasteiger partial charge in [0.05, 0.1) is 17.8 Å². The second-order valence-electron chi connectivity index (χ2n) is 6.57.